The molecule has 116 valence electrons. The summed E-state index contributed by atoms with van der Waals surface area (Å²) in [5.74, 6) is 0.0936. The Bertz CT molecular complexity index is 737. The second-order valence-corrected chi connectivity index (χ2v) is 6.38. The Labute approximate surface area is 146 Å². The van der Waals surface area contributed by atoms with E-state index in [2.05, 4.69) is 0 Å². The lowest BCUT2D eigenvalue weighted by atomic mass is 9.87. The van der Waals surface area contributed by atoms with Crippen LogP contribution in [0.25, 0.3) is 12.2 Å². The Morgan fingerprint density at radius 3 is 1.61 bits per heavy atom. The van der Waals surface area contributed by atoms with E-state index in [4.69, 9.17) is 23.2 Å². The SMILES string of the molecule is O=C1C(=Cc2ccccc2Cl)CCC/C1=C\c1ccccc1Cl. The number of allylic oxidation sites excluding steroid dienone is 2. The topological polar surface area (TPSA) is 17.1 Å². The van der Waals surface area contributed by atoms with E-state index >= 15 is 0 Å². The Hall–Kier alpha value is -1.83. The molecular weight excluding hydrogens is 327 g/mol. The monoisotopic (exact) mass is 342 g/mol. The summed E-state index contributed by atoms with van der Waals surface area (Å²) in [6.07, 6.45) is 6.33. The first-order valence-electron chi connectivity index (χ1n) is 7.60. The second kappa shape index (κ2) is 7.16. The maximum atomic E-state index is 12.7. The zero-order valence-corrected chi connectivity index (χ0v) is 14.1. The zero-order valence-electron chi connectivity index (χ0n) is 12.6. The van der Waals surface area contributed by atoms with E-state index in [-0.39, 0.29) is 5.78 Å². The maximum Gasteiger partial charge on any atom is 0.185 e. The highest BCUT2D eigenvalue weighted by Gasteiger charge is 2.21. The molecule has 0 amide bonds. The molecule has 0 aromatic heterocycles. The number of carbonyl (C=O) groups is 1. The summed E-state index contributed by atoms with van der Waals surface area (Å²) in [6.45, 7) is 0. The van der Waals surface area contributed by atoms with E-state index in [1.165, 1.54) is 0 Å². The molecule has 0 saturated heterocycles. The van der Waals surface area contributed by atoms with Crippen molar-refractivity contribution in [2.45, 2.75) is 19.3 Å². The van der Waals surface area contributed by atoms with Crippen LogP contribution in [0.1, 0.15) is 30.4 Å². The Morgan fingerprint density at radius 2 is 1.17 bits per heavy atom. The lowest BCUT2D eigenvalue weighted by Gasteiger charge is -2.17. The van der Waals surface area contributed by atoms with Crippen LogP contribution in [0.3, 0.4) is 0 Å². The van der Waals surface area contributed by atoms with Crippen molar-refractivity contribution in [2.24, 2.45) is 0 Å². The molecule has 0 spiro atoms. The molecule has 23 heavy (non-hydrogen) atoms. The van der Waals surface area contributed by atoms with Crippen LogP contribution in [0, 0.1) is 0 Å². The van der Waals surface area contributed by atoms with Gasteiger partial charge in [0.25, 0.3) is 0 Å². The number of rotatable bonds is 2. The molecule has 0 atom stereocenters. The van der Waals surface area contributed by atoms with Gasteiger partial charge in [0.2, 0.25) is 0 Å². The third-order valence-electron chi connectivity index (χ3n) is 3.95. The van der Waals surface area contributed by atoms with E-state index in [1.54, 1.807) is 0 Å². The molecule has 0 unspecified atom stereocenters. The first kappa shape index (κ1) is 16.0. The van der Waals surface area contributed by atoms with Gasteiger partial charge < -0.3 is 0 Å². The van der Waals surface area contributed by atoms with Crippen LogP contribution in [0.2, 0.25) is 10.0 Å². The van der Waals surface area contributed by atoms with Crippen molar-refractivity contribution in [3.8, 4) is 0 Å². The van der Waals surface area contributed by atoms with Crippen LogP contribution in [-0.4, -0.2) is 5.78 Å². The number of benzene rings is 2. The molecule has 1 aliphatic rings. The van der Waals surface area contributed by atoms with Crippen molar-refractivity contribution in [1.29, 1.82) is 0 Å². The number of halogens is 2. The third kappa shape index (κ3) is 3.74. The molecule has 1 nitrogen and oxygen atoms in total. The van der Waals surface area contributed by atoms with Crippen LogP contribution < -0.4 is 0 Å². The molecule has 0 aliphatic heterocycles. The van der Waals surface area contributed by atoms with Gasteiger partial charge in [-0.3, -0.25) is 4.79 Å². The van der Waals surface area contributed by atoms with Crippen molar-refractivity contribution in [3.05, 3.63) is 80.8 Å². The second-order valence-electron chi connectivity index (χ2n) is 5.56. The van der Waals surface area contributed by atoms with Crippen LogP contribution in [0.5, 0.6) is 0 Å². The van der Waals surface area contributed by atoms with Gasteiger partial charge in [0.1, 0.15) is 0 Å². The molecule has 3 heteroatoms. The van der Waals surface area contributed by atoms with E-state index in [0.717, 1.165) is 41.5 Å². The number of carbonyl (C=O) groups excluding carboxylic acids is 1. The predicted molar refractivity (Wildman–Crippen MR) is 97.7 cm³/mol. The van der Waals surface area contributed by atoms with Gasteiger partial charge in [0, 0.05) is 21.2 Å². The molecule has 1 saturated carbocycles. The van der Waals surface area contributed by atoms with Crippen LogP contribution in [0.15, 0.2) is 59.7 Å². The van der Waals surface area contributed by atoms with E-state index in [0.29, 0.717) is 10.0 Å². The van der Waals surface area contributed by atoms with E-state index < -0.39 is 0 Å². The average molecular weight is 343 g/mol. The zero-order chi connectivity index (χ0) is 16.2. The summed E-state index contributed by atoms with van der Waals surface area (Å²) in [5.41, 5.74) is 3.39. The van der Waals surface area contributed by atoms with Gasteiger partial charge >= 0.3 is 0 Å². The van der Waals surface area contributed by atoms with Gasteiger partial charge in [-0.25, -0.2) is 0 Å². The summed E-state index contributed by atoms with van der Waals surface area (Å²) < 4.78 is 0. The van der Waals surface area contributed by atoms with Crippen molar-refractivity contribution >= 4 is 41.1 Å². The van der Waals surface area contributed by atoms with E-state index in [9.17, 15) is 4.79 Å². The molecule has 0 N–H and O–H groups in total. The van der Waals surface area contributed by atoms with Crippen molar-refractivity contribution in [3.63, 3.8) is 0 Å². The molecule has 0 radical (unpaired) electrons. The quantitative estimate of drug-likeness (QED) is 0.592. The molecule has 0 heterocycles. The first-order valence-corrected chi connectivity index (χ1v) is 8.35. The molecule has 3 rings (SSSR count). The summed E-state index contributed by atoms with van der Waals surface area (Å²) >= 11 is 12.4. The minimum absolute atomic E-state index is 0.0936. The Balaban J connectivity index is 1.93. The van der Waals surface area contributed by atoms with Crippen molar-refractivity contribution in [2.75, 3.05) is 0 Å². The molecule has 0 bridgehead atoms. The molecule has 1 fully saturated rings. The summed E-state index contributed by atoms with van der Waals surface area (Å²) in [5, 5.41) is 1.32. The van der Waals surface area contributed by atoms with Crippen LogP contribution in [0.4, 0.5) is 0 Å². The number of ketones is 1. The van der Waals surface area contributed by atoms with E-state index in [1.807, 2.05) is 60.7 Å². The fourth-order valence-corrected chi connectivity index (χ4v) is 3.12. The van der Waals surface area contributed by atoms with Gasteiger partial charge in [0.15, 0.2) is 5.78 Å². The van der Waals surface area contributed by atoms with Gasteiger partial charge in [-0.15, -0.1) is 0 Å². The number of hydrogen-bond acceptors (Lipinski definition) is 1. The highest BCUT2D eigenvalue weighted by Crippen LogP contribution is 2.30. The smallest absolute Gasteiger partial charge is 0.185 e. The first-order chi connectivity index (χ1) is 11.1. The highest BCUT2D eigenvalue weighted by molar-refractivity contribution is 6.32. The summed E-state index contributed by atoms with van der Waals surface area (Å²) in [7, 11) is 0. The Morgan fingerprint density at radius 1 is 0.739 bits per heavy atom. The summed E-state index contributed by atoms with van der Waals surface area (Å²) in [4.78, 5) is 12.7. The lowest BCUT2D eigenvalue weighted by molar-refractivity contribution is -0.112. The molecular formula is C20H16Cl2O. The average Bonchev–Trinajstić information content (AvgIpc) is 2.55. The largest absolute Gasteiger partial charge is 0.289 e. The molecule has 1 aliphatic carbocycles. The van der Waals surface area contributed by atoms with Gasteiger partial charge in [0.05, 0.1) is 0 Å². The molecule has 2 aromatic carbocycles. The fourth-order valence-electron chi connectivity index (χ4n) is 2.74. The van der Waals surface area contributed by atoms with Gasteiger partial charge in [-0.05, 0) is 54.7 Å². The predicted octanol–water partition coefficient (Wildman–Crippen LogP) is 6.21. The molecule has 2 aromatic rings. The highest BCUT2D eigenvalue weighted by atomic mass is 35.5. The minimum Gasteiger partial charge on any atom is -0.289 e. The van der Waals surface area contributed by atoms with Crippen LogP contribution >= 0.6 is 23.2 Å². The van der Waals surface area contributed by atoms with Crippen molar-refractivity contribution < 1.29 is 4.79 Å². The standard InChI is InChI=1S/C20H16Cl2O/c21-18-10-3-1-6-14(18)12-16-8-5-9-17(20(16)23)13-15-7-2-4-11-19(15)22/h1-4,6-7,10-13H,5,8-9H2/b16-12+,17-13?. The lowest BCUT2D eigenvalue weighted by Crippen LogP contribution is -2.12. The van der Waals surface area contributed by atoms with Gasteiger partial charge in [-0.1, -0.05) is 59.6 Å². The van der Waals surface area contributed by atoms with Crippen molar-refractivity contribution in [1.82, 2.24) is 0 Å². The number of Topliss-reactive ketones (excluding diaryl/α,β-unsaturated/α-hetero) is 1. The van der Waals surface area contributed by atoms with Gasteiger partial charge in [-0.2, -0.15) is 0 Å². The third-order valence-corrected chi connectivity index (χ3v) is 4.63. The van der Waals surface area contributed by atoms with Crippen LogP contribution in [-0.2, 0) is 4.79 Å². The minimum atomic E-state index is 0.0936. The normalized spacial score (nSPS) is 18.6. The maximum absolute atomic E-state index is 12.7. The Kier molecular flexibility index (Phi) is 5.00. The fraction of sp³-hybridized carbons (Fsp3) is 0.150. The number of hydrogen-bond donors (Lipinski definition) is 0. The summed E-state index contributed by atoms with van der Waals surface area (Å²) in [6, 6.07) is 15.1.